The lowest BCUT2D eigenvalue weighted by Gasteiger charge is -2.27. The van der Waals surface area contributed by atoms with Gasteiger partial charge in [-0.1, -0.05) is 39.5 Å². The van der Waals surface area contributed by atoms with Crippen molar-refractivity contribution in [2.75, 3.05) is 18.8 Å². The Kier molecular flexibility index (Phi) is 4.97. The third kappa shape index (κ3) is 5.45. The number of thioether (sulfide) groups is 1. The summed E-state index contributed by atoms with van der Waals surface area (Å²) in [6.07, 6.45) is 2.55. The van der Waals surface area contributed by atoms with Gasteiger partial charge in [0.2, 0.25) is 0 Å². The van der Waals surface area contributed by atoms with Crippen LogP contribution in [-0.2, 0) is 0 Å². The molecular weight excluding hydrogens is 204 g/mol. The van der Waals surface area contributed by atoms with Gasteiger partial charge in [0.15, 0.2) is 5.17 Å². The van der Waals surface area contributed by atoms with E-state index in [2.05, 4.69) is 38.0 Å². The molecule has 1 rings (SSSR count). The topological polar surface area (TPSA) is 24.4 Å². The van der Waals surface area contributed by atoms with Crippen molar-refractivity contribution < 1.29 is 0 Å². The average molecular weight is 228 g/mol. The molecule has 1 N–H and O–H groups in total. The molecule has 15 heavy (non-hydrogen) atoms. The third-order valence-electron chi connectivity index (χ3n) is 2.48. The number of nitrogens with one attached hydrogen (secondary N) is 1. The second-order valence-electron chi connectivity index (χ2n) is 5.54. The molecule has 0 fully saturated rings. The first-order valence-electron chi connectivity index (χ1n) is 5.91. The van der Waals surface area contributed by atoms with Gasteiger partial charge in [0.05, 0.1) is 0 Å². The second-order valence-corrected chi connectivity index (χ2v) is 6.50. The van der Waals surface area contributed by atoms with E-state index in [0.29, 0.717) is 5.41 Å². The van der Waals surface area contributed by atoms with Crippen molar-refractivity contribution >= 4 is 16.9 Å². The number of aliphatic imine (C=N–C) groups is 1. The first-order chi connectivity index (χ1) is 6.99. The first-order valence-corrected chi connectivity index (χ1v) is 6.89. The molecule has 0 spiro atoms. The van der Waals surface area contributed by atoms with E-state index in [1.165, 1.54) is 18.6 Å². The molecule has 0 aromatic heterocycles. The van der Waals surface area contributed by atoms with Crippen LogP contribution in [0.15, 0.2) is 4.99 Å². The van der Waals surface area contributed by atoms with E-state index in [0.717, 1.165) is 24.2 Å². The van der Waals surface area contributed by atoms with Crippen molar-refractivity contribution in [1.82, 2.24) is 5.32 Å². The van der Waals surface area contributed by atoms with Gasteiger partial charge in [-0.3, -0.25) is 4.99 Å². The predicted octanol–water partition coefficient (Wildman–Crippen LogP) is 3.14. The van der Waals surface area contributed by atoms with E-state index in [1.54, 1.807) is 0 Å². The first kappa shape index (κ1) is 12.9. The summed E-state index contributed by atoms with van der Waals surface area (Å²) in [7, 11) is 0. The molecule has 1 heterocycles. The molecule has 0 saturated heterocycles. The van der Waals surface area contributed by atoms with Gasteiger partial charge < -0.3 is 5.32 Å². The molecule has 0 saturated carbocycles. The Morgan fingerprint density at radius 3 is 2.73 bits per heavy atom. The van der Waals surface area contributed by atoms with E-state index in [-0.39, 0.29) is 0 Å². The number of amidine groups is 1. The number of hydrogen-bond donors (Lipinski definition) is 1. The largest absolute Gasteiger partial charge is 0.365 e. The Hall–Kier alpha value is -0.180. The normalized spacial score (nSPS) is 20.2. The minimum atomic E-state index is 0.383. The maximum Gasteiger partial charge on any atom is 0.156 e. The van der Waals surface area contributed by atoms with E-state index in [1.807, 2.05) is 11.8 Å². The van der Waals surface area contributed by atoms with Crippen molar-refractivity contribution in [3.05, 3.63) is 0 Å². The summed E-state index contributed by atoms with van der Waals surface area (Å²) in [4.78, 5) is 4.57. The Balaban J connectivity index is 2.15. The SMILES string of the molecule is CC(C)CCCNC1=NCC(C)(C)CS1. The number of nitrogens with zero attached hydrogens (tertiary/aromatic N) is 1. The van der Waals surface area contributed by atoms with E-state index in [9.17, 15) is 0 Å². The zero-order valence-corrected chi connectivity index (χ0v) is 11.3. The molecule has 2 nitrogen and oxygen atoms in total. The Morgan fingerprint density at radius 1 is 1.47 bits per heavy atom. The fourth-order valence-electron chi connectivity index (χ4n) is 1.45. The monoisotopic (exact) mass is 228 g/mol. The van der Waals surface area contributed by atoms with Crippen molar-refractivity contribution in [1.29, 1.82) is 0 Å². The van der Waals surface area contributed by atoms with Crippen LogP contribution in [-0.4, -0.2) is 24.0 Å². The molecule has 0 atom stereocenters. The minimum absolute atomic E-state index is 0.383. The molecule has 0 radical (unpaired) electrons. The van der Waals surface area contributed by atoms with Crippen molar-refractivity contribution in [3.8, 4) is 0 Å². The van der Waals surface area contributed by atoms with Gasteiger partial charge in [-0.05, 0) is 24.2 Å². The summed E-state index contributed by atoms with van der Waals surface area (Å²) >= 11 is 1.87. The molecule has 0 amide bonds. The quantitative estimate of drug-likeness (QED) is 0.748. The Morgan fingerprint density at radius 2 is 2.20 bits per heavy atom. The third-order valence-corrected chi connectivity index (χ3v) is 3.96. The van der Waals surface area contributed by atoms with E-state index in [4.69, 9.17) is 0 Å². The lowest BCUT2D eigenvalue weighted by molar-refractivity contribution is 0.436. The summed E-state index contributed by atoms with van der Waals surface area (Å²) in [5.41, 5.74) is 0.383. The van der Waals surface area contributed by atoms with Crippen molar-refractivity contribution in [2.45, 2.75) is 40.5 Å². The van der Waals surface area contributed by atoms with Crippen LogP contribution in [0.5, 0.6) is 0 Å². The summed E-state index contributed by atoms with van der Waals surface area (Å²) in [5, 5.41) is 4.58. The summed E-state index contributed by atoms with van der Waals surface area (Å²) < 4.78 is 0. The minimum Gasteiger partial charge on any atom is -0.365 e. The zero-order chi connectivity index (χ0) is 11.3. The fraction of sp³-hybridized carbons (Fsp3) is 0.917. The van der Waals surface area contributed by atoms with Gasteiger partial charge in [-0.15, -0.1) is 0 Å². The van der Waals surface area contributed by atoms with Crippen LogP contribution in [0, 0.1) is 11.3 Å². The molecular formula is C12H24N2S. The molecule has 0 aliphatic carbocycles. The van der Waals surface area contributed by atoms with Crippen LogP contribution in [0.3, 0.4) is 0 Å². The highest BCUT2D eigenvalue weighted by Gasteiger charge is 2.22. The predicted molar refractivity (Wildman–Crippen MR) is 70.6 cm³/mol. The zero-order valence-electron chi connectivity index (χ0n) is 10.5. The smallest absolute Gasteiger partial charge is 0.156 e. The van der Waals surface area contributed by atoms with Crippen LogP contribution < -0.4 is 5.32 Å². The lowest BCUT2D eigenvalue weighted by Crippen LogP contribution is -2.31. The van der Waals surface area contributed by atoms with Crippen LogP contribution >= 0.6 is 11.8 Å². The van der Waals surface area contributed by atoms with E-state index < -0.39 is 0 Å². The van der Waals surface area contributed by atoms with Gasteiger partial charge >= 0.3 is 0 Å². The van der Waals surface area contributed by atoms with Crippen LogP contribution in [0.1, 0.15) is 40.5 Å². The van der Waals surface area contributed by atoms with Crippen LogP contribution in [0.25, 0.3) is 0 Å². The Labute approximate surface area is 98.3 Å². The average Bonchev–Trinajstić information content (AvgIpc) is 2.14. The molecule has 3 heteroatoms. The van der Waals surface area contributed by atoms with Gasteiger partial charge in [-0.25, -0.2) is 0 Å². The molecule has 0 unspecified atom stereocenters. The fourth-order valence-corrected chi connectivity index (χ4v) is 2.43. The van der Waals surface area contributed by atoms with E-state index >= 15 is 0 Å². The van der Waals surface area contributed by atoms with Crippen LogP contribution in [0.4, 0.5) is 0 Å². The standard InChI is InChI=1S/C12H24N2S/c1-10(2)6-5-7-13-11-14-8-12(3,4)9-15-11/h10H,5-9H2,1-4H3,(H,13,14). The maximum absolute atomic E-state index is 4.57. The highest BCUT2D eigenvalue weighted by molar-refractivity contribution is 8.13. The van der Waals surface area contributed by atoms with Gasteiger partial charge in [-0.2, -0.15) is 0 Å². The second kappa shape index (κ2) is 5.78. The number of rotatable bonds is 4. The highest BCUT2D eigenvalue weighted by Crippen LogP contribution is 2.26. The Bertz CT molecular complexity index is 222. The van der Waals surface area contributed by atoms with Crippen LogP contribution in [0.2, 0.25) is 0 Å². The maximum atomic E-state index is 4.57. The molecule has 0 aromatic carbocycles. The highest BCUT2D eigenvalue weighted by atomic mass is 32.2. The van der Waals surface area contributed by atoms with Crippen molar-refractivity contribution in [2.24, 2.45) is 16.3 Å². The van der Waals surface area contributed by atoms with Gasteiger partial charge in [0, 0.05) is 18.8 Å². The van der Waals surface area contributed by atoms with Gasteiger partial charge in [0.25, 0.3) is 0 Å². The summed E-state index contributed by atoms with van der Waals surface area (Å²) in [5.74, 6) is 2.00. The molecule has 0 bridgehead atoms. The summed E-state index contributed by atoms with van der Waals surface area (Å²) in [6.45, 7) is 11.1. The molecule has 88 valence electrons. The van der Waals surface area contributed by atoms with Gasteiger partial charge in [0.1, 0.15) is 0 Å². The summed E-state index contributed by atoms with van der Waals surface area (Å²) in [6, 6.07) is 0. The lowest BCUT2D eigenvalue weighted by atomic mass is 9.97. The van der Waals surface area contributed by atoms with Crippen molar-refractivity contribution in [3.63, 3.8) is 0 Å². The molecule has 0 aromatic rings. The molecule has 1 aliphatic heterocycles. The molecule has 1 aliphatic rings. The number of hydrogen-bond acceptors (Lipinski definition) is 3.